The summed E-state index contributed by atoms with van der Waals surface area (Å²) in [5, 5.41) is 8.45. The van der Waals surface area contributed by atoms with Crippen LogP contribution in [-0.2, 0) is 6.54 Å². The van der Waals surface area contributed by atoms with E-state index < -0.39 is 0 Å². The Morgan fingerprint density at radius 3 is 2.33 bits per heavy atom. The summed E-state index contributed by atoms with van der Waals surface area (Å²) in [7, 11) is 0. The number of hydrogen-bond acceptors (Lipinski definition) is 2. The van der Waals surface area contributed by atoms with Crippen molar-refractivity contribution in [1.29, 1.82) is 0 Å². The number of aromatic nitrogens is 3. The van der Waals surface area contributed by atoms with Crippen LogP contribution in [0, 0.1) is 0 Å². The minimum Gasteiger partial charge on any atom is -0.247 e. The zero-order chi connectivity index (χ0) is 14.7. The van der Waals surface area contributed by atoms with Gasteiger partial charge in [0.05, 0.1) is 12.7 Å². The lowest BCUT2D eigenvalue weighted by Crippen LogP contribution is -2.00. The van der Waals surface area contributed by atoms with Crippen LogP contribution in [0.15, 0.2) is 60.8 Å². The molecule has 0 atom stereocenters. The van der Waals surface area contributed by atoms with E-state index in [9.17, 15) is 0 Å². The molecule has 3 rings (SSSR count). The van der Waals surface area contributed by atoms with Gasteiger partial charge in [-0.3, -0.25) is 0 Å². The second-order valence-corrected chi connectivity index (χ2v) is 5.56. The van der Waals surface area contributed by atoms with Crippen molar-refractivity contribution < 1.29 is 0 Å². The Balaban J connectivity index is 1.75. The number of hydrogen-bond donors (Lipinski definition) is 0. The summed E-state index contributed by atoms with van der Waals surface area (Å²) in [5.41, 5.74) is 4.61. The summed E-state index contributed by atoms with van der Waals surface area (Å²) < 4.78 is 1.88. The lowest BCUT2D eigenvalue weighted by molar-refractivity contribution is 0.649. The molecule has 0 aliphatic carbocycles. The fraction of sp³-hybridized carbons (Fsp3) is 0.222. The minimum atomic E-state index is 0.565. The summed E-state index contributed by atoms with van der Waals surface area (Å²) in [6, 6.07) is 18.8. The standard InChI is InChI=1S/C18H19N3/c1-14(2)16-10-8-15(9-11-16)12-21-13-18(19-20-21)17-6-4-3-5-7-17/h3-11,13-14H,12H2,1-2H3. The quantitative estimate of drug-likeness (QED) is 0.718. The van der Waals surface area contributed by atoms with Crippen molar-refractivity contribution in [3.05, 3.63) is 71.9 Å². The lowest BCUT2D eigenvalue weighted by Gasteiger charge is -2.06. The summed E-state index contributed by atoms with van der Waals surface area (Å²) in [6.45, 7) is 5.16. The molecule has 1 heterocycles. The Bertz CT molecular complexity index is 697. The van der Waals surface area contributed by atoms with Crippen LogP contribution >= 0.6 is 0 Å². The molecule has 3 aromatic rings. The van der Waals surface area contributed by atoms with Gasteiger partial charge in [-0.1, -0.05) is 73.7 Å². The second-order valence-electron chi connectivity index (χ2n) is 5.56. The summed E-state index contributed by atoms with van der Waals surface area (Å²) >= 11 is 0. The summed E-state index contributed by atoms with van der Waals surface area (Å²) in [6.07, 6.45) is 1.99. The van der Waals surface area contributed by atoms with Gasteiger partial charge >= 0.3 is 0 Å². The molecule has 0 bridgehead atoms. The van der Waals surface area contributed by atoms with Crippen molar-refractivity contribution in [3.63, 3.8) is 0 Å². The Morgan fingerprint density at radius 1 is 0.952 bits per heavy atom. The van der Waals surface area contributed by atoms with Crippen LogP contribution in [0.25, 0.3) is 11.3 Å². The molecular formula is C18H19N3. The first-order valence-electron chi connectivity index (χ1n) is 7.27. The smallest absolute Gasteiger partial charge is 0.113 e. The SMILES string of the molecule is CC(C)c1ccc(Cn2cc(-c3ccccc3)nn2)cc1. The monoisotopic (exact) mass is 277 g/mol. The van der Waals surface area contributed by atoms with E-state index in [0.29, 0.717) is 5.92 Å². The zero-order valence-electron chi connectivity index (χ0n) is 12.4. The van der Waals surface area contributed by atoms with E-state index in [0.717, 1.165) is 17.8 Å². The maximum atomic E-state index is 4.24. The largest absolute Gasteiger partial charge is 0.247 e. The molecular weight excluding hydrogens is 258 g/mol. The lowest BCUT2D eigenvalue weighted by atomic mass is 10.0. The fourth-order valence-corrected chi connectivity index (χ4v) is 2.31. The van der Waals surface area contributed by atoms with Gasteiger partial charge in [-0.15, -0.1) is 5.10 Å². The predicted molar refractivity (Wildman–Crippen MR) is 85.1 cm³/mol. The molecule has 0 N–H and O–H groups in total. The topological polar surface area (TPSA) is 30.7 Å². The zero-order valence-corrected chi connectivity index (χ0v) is 12.4. The molecule has 0 spiro atoms. The molecule has 21 heavy (non-hydrogen) atoms. The molecule has 0 aliphatic heterocycles. The van der Waals surface area contributed by atoms with Gasteiger partial charge in [0.15, 0.2) is 0 Å². The van der Waals surface area contributed by atoms with Gasteiger partial charge in [-0.2, -0.15) is 0 Å². The van der Waals surface area contributed by atoms with Gasteiger partial charge in [0.25, 0.3) is 0 Å². The van der Waals surface area contributed by atoms with Crippen molar-refractivity contribution in [2.75, 3.05) is 0 Å². The van der Waals surface area contributed by atoms with Gasteiger partial charge in [-0.05, 0) is 17.0 Å². The molecule has 2 aromatic carbocycles. The molecule has 1 aromatic heterocycles. The Hall–Kier alpha value is -2.42. The molecule has 106 valence electrons. The third-order valence-corrected chi connectivity index (χ3v) is 3.60. The normalized spacial score (nSPS) is 11.0. The maximum Gasteiger partial charge on any atom is 0.113 e. The molecule has 0 saturated carbocycles. The fourth-order valence-electron chi connectivity index (χ4n) is 2.31. The highest BCUT2D eigenvalue weighted by Gasteiger charge is 2.04. The average Bonchev–Trinajstić information content (AvgIpc) is 2.97. The van der Waals surface area contributed by atoms with E-state index in [4.69, 9.17) is 0 Å². The van der Waals surface area contributed by atoms with Crippen LogP contribution in [0.5, 0.6) is 0 Å². The Labute approximate surface area is 125 Å². The first-order chi connectivity index (χ1) is 10.2. The number of rotatable bonds is 4. The van der Waals surface area contributed by atoms with Crippen LogP contribution in [-0.4, -0.2) is 15.0 Å². The van der Waals surface area contributed by atoms with Crippen molar-refractivity contribution in [3.8, 4) is 11.3 Å². The number of nitrogens with zero attached hydrogens (tertiary/aromatic N) is 3. The van der Waals surface area contributed by atoms with Crippen molar-refractivity contribution >= 4 is 0 Å². The van der Waals surface area contributed by atoms with Gasteiger partial charge in [0.2, 0.25) is 0 Å². The van der Waals surface area contributed by atoms with Gasteiger partial charge in [-0.25, -0.2) is 4.68 Å². The van der Waals surface area contributed by atoms with Crippen LogP contribution in [0.3, 0.4) is 0 Å². The van der Waals surface area contributed by atoms with Crippen molar-refractivity contribution in [1.82, 2.24) is 15.0 Å². The Kier molecular flexibility index (Phi) is 3.82. The molecule has 0 fully saturated rings. The Morgan fingerprint density at radius 2 is 1.67 bits per heavy atom. The molecule has 0 amide bonds. The highest BCUT2D eigenvalue weighted by molar-refractivity contribution is 5.57. The third-order valence-electron chi connectivity index (χ3n) is 3.60. The van der Waals surface area contributed by atoms with E-state index in [2.05, 4.69) is 48.4 Å². The maximum absolute atomic E-state index is 4.24. The summed E-state index contributed by atoms with van der Waals surface area (Å²) in [4.78, 5) is 0. The first-order valence-corrected chi connectivity index (χ1v) is 7.27. The molecule has 0 radical (unpaired) electrons. The number of benzene rings is 2. The van der Waals surface area contributed by atoms with E-state index >= 15 is 0 Å². The van der Waals surface area contributed by atoms with Crippen molar-refractivity contribution in [2.45, 2.75) is 26.3 Å². The minimum absolute atomic E-state index is 0.565. The van der Waals surface area contributed by atoms with Crippen LogP contribution in [0.2, 0.25) is 0 Å². The predicted octanol–water partition coefficient (Wildman–Crippen LogP) is 4.12. The molecule has 3 heteroatoms. The molecule has 3 nitrogen and oxygen atoms in total. The van der Waals surface area contributed by atoms with Crippen LogP contribution in [0.4, 0.5) is 0 Å². The third kappa shape index (κ3) is 3.19. The highest BCUT2D eigenvalue weighted by Crippen LogP contribution is 2.17. The summed E-state index contributed by atoms with van der Waals surface area (Å²) in [5.74, 6) is 0.565. The van der Waals surface area contributed by atoms with Gasteiger partial charge in [0.1, 0.15) is 5.69 Å². The highest BCUT2D eigenvalue weighted by atomic mass is 15.4. The molecule has 0 aliphatic rings. The molecule has 0 unspecified atom stereocenters. The van der Waals surface area contributed by atoms with E-state index in [-0.39, 0.29) is 0 Å². The molecule has 0 saturated heterocycles. The van der Waals surface area contributed by atoms with Gasteiger partial charge in [0, 0.05) is 5.56 Å². The average molecular weight is 277 g/mol. The van der Waals surface area contributed by atoms with E-state index in [1.165, 1.54) is 11.1 Å². The van der Waals surface area contributed by atoms with E-state index in [1.54, 1.807) is 0 Å². The second kappa shape index (κ2) is 5.92. The first kappa shape index (κ1) is 13.6. The van der Waals surface area contributed by atoms with E-state index in [1.807, 2.05) is 41.2 Å². The van der Waals surface area contributed by atoms with Gasteiger partial charge < -0.3 is 0 Å². The van der Waals surface area contributed by atoms with Crippen LogP contribution < -0.4 is 0 Å². The van der Waals surface area contributed by atoms with Crippen molar-refractivity contribution in [2.24, 2.45) is 0 Å². The van der Waals surface area contributed by atoms with Crippen LogP contribution in [0.1, 0.15) is 30.9 Å².